The summed E-state index contributed by atoms with van der Waals surface area (Å²) < 4.78 is 0. The number of nitrogens with one attached hydrogen (secondary N) is 1. The molecule has 3 nitrogen and oxygen atoms in total. The lowest BCUT2D eigenvalue weighted by Crippen LogP contribution is -2.33. The van der Waals surface area contributed by atoms with E-state index < -0.39 is 0 Å². The van der Waals surface area contributed by atoms with Crippen molar-refractivity contribution in [2.45, 2.75) is 44.0 Å². The molecule has 2 atom stereocenters. The lowest BCUT2D eigenvalue weighted by molar-refractivity contribution is -0.122. The Morgan fingerprint density at radius 2 is 2.19 bits per heavy atom. The topological polar surface area (TPSA) is 55.1 Å². The molecule has 1 aliphatic heterocycles. The quantitative estimate of drug-likeness (QED) is 0.847. The van der Waals surface area contributed by atoms with Crippen molar-refractivity contribution in [2.75, 3.05) is 12.3 Å². The monoisotopic (exact) mass is 306 g/mol. The molecule has 0 bridgehead atoms. The molecule has 0 aromatic heterocycles. The van der Waals surface area contributed by atoms with Gasteiger partial charge in [-0.1, -0.05) is 32.0 Å². The summed E-state index contributed by atoms with van der Waals surface area (Å²) in [7, 11) is 0. The maximum Gasteiger partial charge on any atom is 0.220 e. The summed E-state index contributed by atoms with van der Waals surface area (Å²) in [6.07, 6.45) is 2.56. The van der Waals surface area contributed by atoms with Gasteiger partial charge >= 0.3 is 0 Å². The van der Waals surface area contributed by atoms with Crippen LogP contribution in [0.1, 0.15) is 44.7 Å². The van der Waals surface area contributed by atoms with Gasteiger partial charge in [0.05, 0.1) is 6.04 Å². The van der Waals surface area contributed by atoms with Crippen LogP contribution in [0.4, 0.5) is 0 Å². The molecule has 0 radical (unpaired) electrons. The number of hydrogen-bond acceptors (Lipinski definition) is 3. The normalized spacial score (nSPS) is 19.1. The highest BCUT2D eigenvalue weighted by Crippen LogP contribution is 2.35. The van der Waals surface area contributed by atoms with E-state index in [0.29, 0.717) is 24.8 Å². The van der Waals surface area contributed by atoms with Crippen molar-refractivity contribution >= 4 is 17.7 Å². The minimum absolute atomic E-state index is 0.137. The van der Waals surface area contributed by atoms with E-state index in [2.05, 4.69) is 37.4 Å². The number of rotatable bonds is 6. The Labute approximate surface area is 132 Å². The first-order valence-electron chi connectivity index (χ1n) is 7.81. The third kappa shape index (κ3) is 4.75. The Hall–Kier alpha value is -1.00. The zero-order valence-corrected chi connectivity index (χ0v) is 13.8. The second-order valence-corrected chi connectivity index (χ2v) is 7.37. The number of nitrogens with two attached hydrogens (primary N) is 1. The minimum atomic E-state index is 0.137. The van der Waals surface area contributed by atoms with Gasteiger partial charge in [-0.2, -0.15) is 0 Å². The predicted molar refractivity (Wildman–Crippen MR) is 89.3 cm³/mol. The standard InChI is InChI=1S/C17H26N2OS/c1-12(2)9-13(11-18)10-17(20)19-15-7-8-21-16-6-4-3-5-14(15)16/h3-6,12-13,15H,7-11,18H2,1-2H3,(H,19,20). The first-order chi connectivity index (χ1) is 10.1. The number of carbonyl (C=O) groups excluding carboxylic acids is 1. The predicted octanol–water partition coefficient (Wildman–Crippen LogP) is 3.35. The molecule has 3 N–H and O–H groups in total. The van der Waals surface area contributed by atoms with Gasteiger partial charge in [-0.3, -0.25) is 4.79 Å². The molecule has 1 heterocycles. The van der Waals surface area contributed by atoms with Gasteiger partial charge in [0.15, 0.2) is 0 Å². The zero-order valence-electron chi connectivity index (χ0n) is 13.0. The van der Waals surface area contributed by atoms with Gasteiger partial charge in [-0.15, -0.1) is 11.8 Å². The summed E-state index contributed by atoms with van der Waals surface area (Å²) >= 11 is 1.88. The van der Waals surface area contributed by atoms with Crippen molar-refractivity contribution in [3.8, 4) is 0 Å². The molecule has 0 saturated carbocycles. The van der Waals surface area contributed by atoms with Gasteiger partial charge in [0, 0.05) is 17.1 Å². The van der Waals surface area contributed by atoms with Crippen molar-refractivity contribution in [3.63, 3.8) is 0 Å². The molecule has 21 heavy (non-hydrogen) atoms. The van der Waals surface area contributed by atoms with E-state index in [-0.39, 0.29) is 11.9 Å². The molecule has 4 heteroatoms. The molecule has 0 spiro atoms. The molecule has 1 amide bonds. The van der Waals surface area contributed by atoms with Crippen LogP contribution < -0.4 is 11.1 Å². The van der Waals surface area contributed by atoms with Crippen molar-refractivity contribution in [2.24, 2.45) is 17.6 Å². The molecular formula is C17H26N2OS. The van der Waals surface area contributed by atoms with E-state index in [9.17, 15) is 4.79 Å². The van der Waals surface area contributed by atoms with Crippen LogP contribution in [-0.4, -0.2) is 18.2 Å². The molecule has 0 aliphatic carbocycles. The molecular weight excluding hydrogens is 280 g/mol. The SMILES string of the molecule is CC(C)CC(CN)CC(=O)NC1CCSc2ccccc21. The van der Waals surface area contributed by atoms with E-state index in [0.717, 1.165) is 18.6 Å². The van der Waals surface area contributed by atoms with Gasteiger partial charge in [-0.25, -0.2) is 0 Å². The zero-order chi connectivity index (χ0) is 15.2. The molecule has 2 rings (SSSR count). The Kier molecular flexibility index (Phi) is 6.12. The third-order valence-corrected chi connectivity index (χ3v) is 5.03. The number of amides is 1. The molecule has 0 saturated heterocycles. The summed E-state index contributed by atoms with van der Waals surface area (Å²) in [6, 6.07) is 8.53. The van der Waals surface area contributed by atoms with Gasteiger partial charge in [0.2, 0.25) is 5.91 Å². The average molecular weight is 306 g/mol. The number of thioether (sulfide) groups is 1. The minimum Gasteiger partial charge on any atom is -0.349 e. The molecule has 116 valence electrons. The molecule has 2 unspecified atom stereocenters. The maximum absolute atomic E-state index is 12.3. The van der Waals surface area contributed by atoms with Gasteiger partial charge in [-0.05, 0) is 42.9 Å². The summed E-state index contributed by atoms with van der Waals surface area (Å²) in [4.78, 5) is 13.6. The second-order valence-electron chi connectivity index (χ2n) is 6.23. The van der Waals surface area contributed by atoms with Crippen molar-refractivity contribution < 1.29 is 4.79 Å². The van der Waals surface area contributed by atoms with Crippen LogP contribution in [0.15, 0.2) is 29.2 Å². The molecule has 1 aromatic rings. The smallest absolute Gasteiger partial charge is 0.220 e. The average Bonchev–Trinajstić information content (AvgIpc) is 2.46. The van der Waals surface area contributed by atoms with Crippen LogP contribution in [0.3, 0.4) is 0 Å². The van der Waals surface area contributed by atoms with E-state index in [1.54, 1.807) is 0 Å². The summed E-state index contributed by atoms with van der Waals surface area (Å²) in [5, 5.41) is 3.21. The molecule has 1 aliphatic rings. The first-order valence-corrected chi connectivity index (χ1v) is 8.79. The van der Waals surface area contributed by atoms with Crippen molar-refractivity contribution in [1.29, 1.82) is 0 Å². The highest BCUT2D eigenvalue weighted by molar-refractivity contribution is 7.99. The highest BCUT2D eigenvalue weighted by atomic mass is 32.2. The first kappa shape index (κ1) is 16.4. The fourth-order valence-electron chi connectivity index (χ4n) is 2.94. The van der Waals surface area contributed by atoms with E-state index in [4.69, 9.17) is 5.73 Å². The Morgan fingerprint density at radius 3 is 2.90 bits per heavy atom. The number of benzene rings is 1. The van der Waals surface area contributed by atoms with E-state index in [1.807, 2.05) is 17.8 Å². The van der Waals surface area contributed by atoms with Crippen LogP contribution in [0.2, 0.25) is 0 Å². The van der Waals surface area contributed by atoms with Crippen molar-refractivity contribution in [3.05, 3.63) is 29.8 Å². The van der Waals surface area contributed by atoms with Crippen LogP contribution in [0, 0.1) is 11.8 Å². The van der Waals surface area contributed by atoms with Crippen molar-refractivity contribution in [1.82, 2.24) is 5.32 Å². The van der Waals surface area contributed by atoms with Crippen LogP contribution >= 0.6 is 11.8 Å². The van der Waals surface area contributed by atoms with Crippen LogP contribution in [0.5, 0.6) is 0 Å². The van der Waals surface area contributed by atoms with Crippen LogP contribution in [-0.2, 0) is 4.79 Å². The van der Waals surface area contributed by atoms with Crippen LogP contribution in [0.25, 0.3) is 0 Å². The van der Waals surface area contributed by atoms with Gasteiger partial charge < -0.3 is 11.1 Å². The third-order valence-electron chi connectivity index (χ3n) is 3.91. The number of carbonyl (C=O) groups is 1. The van der Waals surface area contributed by atoms with Gasteiger partial charge in [0.1, 0.15) is 0 Å². The highest BCUT2D eigenvalue weighted by Gasteiger charge is 2.23. The van der Waals surface area contributed by atoms with E-state index >= 15 is 0 Å². The summed E-state index contributed by atoms with van der Waals surface area (Å²) in [6.45, 7) is 4.94. The Bertz CT molecular complexity index is 476. The second kappa shape index (κ2) is 7.85. The summed E-state index contributed by atoms with van der Waals surface area (Å²) in [5.41, 5.74) is 7.06. The largest absolute Gasteiger partial charge is 0.349 e. The molecule has 0 fully saturated rings. The van der Waals surface area contributed by atoms with E-state index in [1.165, 1.54) is 10.5 Å². The fraction of sp³-hybridized carbons (Fsp3) is 0.588. The lowest BCUT2D eigenvalue weighted by atomic mass is 9.93. The molecule has 1 aromatic carbocycles. The van der Waals surface area contributed by atoms with Gasteiger partial charge in [0.25, 0.3) is 0 Å². The lowest BCUT2D eigenvalue weighted by Gasteiger charge is -2.26. The fourth-order valence-corrected chi connectivity index (χ4v) is 4.06. The number of hydrogen-bond donors (Lipinski definition) is 2. The number of fused-ring (bicyclic) bond motifs is 1. The Balaban J connectivity index is 1.94. The maximum atomic E-state index is 12.3. The Morgan fingerprint density at radius 1 is 1.43 bits per heavy atom. The summed E-state index contributed by atoms with van der Waals surface area (Å²) in [5.74, 6) is 2.07.